The molecule has 0 bridgehead atoms. The van der Waals surface area contributed by atoms with Crippen LogP contribution in [-0.2, 0) is 6.54 Å². The summed E-state index contributed by atoms with van der Waals surface area (Å²) in [7, 11) is 3.04. The average Bonchev–Trinajstić information content (AvgIpc) is 2.89. The molecule has 1 heterocycles. The average molecular weight is 312 g/mol. The summed E-state index contributed by atoms with van der Waals surface area (Å²) in [6.45, 7) is 0.414. The van der Waals surface area contributed by atoms with Crippen LogP contribution >= 0.6 is 22.9 Å². The zero-order chi connectivity index (χ0) is 14.5. The molecular weight excluding hydrogens is 298 g/mol. The first kappa shape index (κ1) is 14.7. The Morgan fingerprint density at radius 1 is 1.20 bits per heavy atom. The van der Waals surface area contributed by atoms with Crippen LogP contribution in [0.15, 0.2) is 30.3 Å². The summed E-state index contributed by atoms with van der Waals surface area (Å²) >= 11 is 7.29. The second-order valence-electron chi connectivity index (χ2n) is 3.93. The number of hydrogen-bond donors (Lipinski definition) is 1. The smallest absolute Gasteiger partial charge is 0.259 e. The maximum atomic E-state index is 12.3. The summed E-state index contributed by atoms with van der Waals surface area (Å²) in [4.78, 5) is 13.3. The normalized spacial score (nSPS) is 10.2. The number of halogens is 1. The molecule has 0 unspecified atom stereocenters. The van der Waals surface area contributed by atoms with E-state index in [4.69, 9.17) is 21.1 Å². The van der Waals surface area contributed by atoms with Crippen molar-refractivity contribution in [1.82, 2.24) is 5.32 Å². The molecule has 1 amide bonds. The van der Waals surface area contributed by atoms with Gasteiger partial charge in [0.2, 0.25) is 0 Å². The van der Waals surface area contributed by atoms with Gasteiger partial charge in [0.05, 0.1) is 25.1 Å². The Bertz CT molecular complexity index is 590. The van der Waals surface area contributed by atoms with Crippen LogP contribution in [0, 0.1) is 0 Å². The minimum absolute atomic E-state index is 0.246. The first-order chi connectivity index (χ1) is 9.65. The molecule has 0 aliphatic carbocycles. The van der Waals surface area contributed by atoms with Crippen molar-refractivity contribution >= 4 is 28.8 Å². The van der Waals surface area contributed by atoms with E-state index in [0.717, 1.165) is 4.88 Å². The van der Waals surface area contributed by atoms with Gasteiger partial charge >= 0.3 is 0 Å². The molecule has 6 heteroatoms. The molecule has 0 atom stereocenters. The third-order valence-corrected chi connectivity index (χ3v) is 3.94. The van der Waals surface area contributed by atoms with Crippen LogP contribution in [0.1, 0.15) is 15.2 Å². The van der Waals surface area contributed by atoms with Crippen LogP contribution < -0.4 is 14.8 Å². The topological polar surface area (TPSA) is 47.6 Å². The molecule has 106 valence electrons. The molecule has 0 radical (unpaired) electrons. The third kappa shape index (κ3) is 3.23. The number of benzene rings is 1. The molecular formula is C14H14ClNO3S. The predicted octanol–water partition coefficient (Wildman–Crippen LogP) is 3.35. The summed E-state index contributed by atoms with van der Waals surface area (Å²) < 4.78 is 11.1. The number of thiophene rings is 1. The first-order valence-electron chi connectivity index (χ1n) is 5.89. The van der Waals surface area contributed by atoms with Gasteiger partial charge in [0.15, 0.2) is 0 Å². The summed E-state index contributed by atoms with van der Waals surface area (Å²) in [6, 6.07) is 8.90. The lowest BCUT2D eigenvalue weighted by Gasteiger charge is -2.12. The van der Waals surface area contributed by atoms with E-state index in [1.165, 1.54) is 25.6 Å². The highest BCUT2D eigenvalue weighted by molar-refractivity contribution is 7.16. The minimum Gasteiger partial charge on any atom is -0.496 e. The van der Waals surface area contributed by atoms with Crippen molar-refractivity contribution in [2.24, 2.45) is 0 Å². The highest BCUT2D eigenvalue weighted by Gasteiger charge is 2.17. The summed E-state index contributed by atoms with van der Waals surface area (Å²) in [5, 5.41) is 2.83. The Labute approximate surface area is 126 Å². The lowest BCUT2D eigenvalue weighted by atomic mass is 10.1. The van der Waals surface area contributed by atoms with Crippen molar-refractivity contribution in [2.45, 2.75) is 6.54 Å². The van der Waals surface area contributed by atoms with Crippen molar-refractivity contribution in [3.05, 3.63) is 45.1 Å². The second-order valence-corrected chi connectivity index (χ2v) is 5.73. The fourth-order valence-electron chi connectivity index (χ4n) is 1.78. The standard InChI is InChI=1S/C14H14ClNO3S/c1-18-10-4-3-5-11(19-2)13(10)14(17)16-8-9-6-7-12(15)20-9/h3-7H,8H2,1-2H3,(H,16,17). The summed E-state index contributed by atoms with van der Waals surface area (Å²) in [6.07, 6.45) is 0. The molecule has 2 rings (SSSR count). The Morgan fingerprint density at radius 3 is 2.35 bits per heavy atom. The van der Waals surface area contributed by atoms with Crippen molar-refractivity contribution in [1.29, 1.82) is 0 Å². The molecule has 0 aliphatic rings. The molecule has 1 N–H and O–H groups in total. The summed E-state index contributed by atoms with van der Waals surface area (Å²) in [5.74, 6) is 0.709. The zero-order valence-electron chi connectivity index (χ0n) is 11.1. The van der Waals surface area contributed by atoms with Crippen molar-refractivity contribution in [2.75, 3.05) is 14.2 Å². The number of nitrogens with one attached hydrogen (secondary N) is 1. The van der Waals surface area contributed by atoms with E-state index in [1.807, 2.05) is 6.07 Å². The Kier molecular flexibility index (Phi) is 4.87. The quantitative estimate of drug-likeness (QED) is 0.921. The van der Waals surface area contributed by atoms with E-state index < -0.39 is 0 Å². The van der Waals surface area contributed by atoms with Gasteiger partial charge in [-0.1, -0.05) is 17.7 Å². The molecule has 4 nitrogen and oxygen atoms in total. The summed E-state index contributed by atoms with van der Waals surface area (Å²) in [5.41, 5.74) is 0.389. The number of methoxy groups -OCH3 is 2. The Morgan fingerprint density at radius 2 is 1.85 bits per heavy atom. The van der Waals surface area contributed by atoms with Crippen LogP contribution in [0.5, 0.6) is 11.5 Å². The Hall–Kier alpha value is -1.72. The number of rotatable bonds is 5. The lowest BCUT2D eigenvalue weighted by Crippen LogP contribution is -2.23. The van der Waals surface area contributed by atoms with Gasteiger partial charge in [-0.25, -0.2) is 0 Å². The van der Waals surface area contributed by atoms with E-state index >= 15 is 0 Å². The van der Waals surface area contributed by atoms with Crippen molar-refractivity contribution < 1.29 is 14.3 Å². The Balaban J connectivity index is 2.16. The molecule has 20 heavy (non-hydrogen) atoms. The van der Waals surface area contributed by atoms with Gasteiger partial charge in [0.25, 0.3) is 5.91 Å². The zero-order valence-corrected chi connectivity index (χ0v) is 12.7. The van der Waals surface area contributed by atoms with E-state index in [9.17, 15) is 4.79 Å². The molecule has 0 spiro atoms. The highest BCUT2D eigenvalue weighted by Crippen LogP contribution is 2.28. The maximum Gasteiger partial charge on any atom is 0.259 e. The molecule has 0 saturated carbocycles. The maximum absolute atomic E-state index is 12.3. The molecule has 0 fully saturated rings. The van der Waals surface area contributed by atoms with Crippen LogP contribution in [-0.4, -0.2) is 20.1 Å². The lowest BCUT2D eigenvalue weighted by molar-refractivity contribution is 0.0945. The van der Waals surface area contributed by atoms with Crippen molar-refractivity contribution in [3.63, 3.8) is 0 Å². The van der Waals surface area contributed by atoms with Gasteiger partial charge in [-0.15, -0.1) is 11.3 Å². The predicted molar refractivity (Wildman–Crippen MR) is 80.0 cm³/mol. The SMILES string of the molecule is COc1cccc(OC)c1C(=O)NCc1ccc(Cl)s1. The van der Waals surface area contributed by atoms with E-state index in [2.05, 4.69) is 5.32 Å². The van der Waals surface area contributed by atoms with E-state index in [1.54, 1.807) is 24.3 Å². The van der Waals surface area contributed by atoms with Gasteiger partial charge in [-0.3, -0.25) is 4.79 Å². The van der Waals surface area contributed by atoms with Gasteiger partial charge in [-0.2, -0.15) is 0 Å². The largest absolute Gasteiger partial charge is 0.496 e. The number of ether oxygens (including phenoxy) is 2. The minimum atomic E-state index is -0.246. The van der Waals surface area contributed by atoms with Crippen LogP contribution in [0.3, 0.4) is 0 Å². The van der Waals surface area contributed by atoms with E-state index in [-0.39, 0.29) is 5.91 Å². The second kappa shape index (κ2) is 6.63. The number of carbonyl (C=O) groups is 1. The van der Waals surface area contributed by atoms with Gasteiger partial charge < -0.3 is 14.8 Å². The number of hydrogen-bond acceptors (Lipinski definition) is 4. The molecule has 1 aromatic carbocycles. The van der Waals surface area contributed by atoms with Crippen LogP contribution in [0.2, 0.25) is 4.34 Å². The van der Waals surface area contributed by atoms with Crippen LogP contribution in [0.25, 0.3) is 0 Å². The molecule has 2 aromatic rings. The highest BCUT2D eigenvalue weighted by atomic mass is 35.5. The monoisotopic (exact) mass is 311 g/mol. The van der Waals surface area contributed by atoms with Gasteiger partial charge in [-0.05, 0) is 24.3 Å². The van der Waals surface area contributed by atoms with E-state index in [0.29, 0.717) is 27.9 Å². The van der Waals surface area contributed by atoms with Gasteiger partial charge in [0.1, 0.15) is 17.1 Å². The number of carbonyl (C=O) groups excluding carboxylic acids is 1. The molecule has 0 aliphatic heterocycles. The van der Waals surface area contributed by atoms with Crippen molar-refractivity contribution in [3.8, 4) is 11.5 Å². The molecule has 0 saturated heterocycles. The van der Waals surface area contributed by atoms with Gasteiger partial charge in [0, 0.05) is 4.88 Å². The van der Waals surface area contributed by atoms with Crippen LogP contribution in [0.4, 0.5) is 0 Å². The fourth-order valence-corrected chi connectivity index (χ4v) is 2.80. The third-order valence-electron chi connectivity index (χ3n) is 2.71. The number of amides is 1. The molecule has 1 aromatic heterocycles. The first-order valence-corrected chi connectivity index (χ1v) is 7.08. The fraction of sp³-hybridized carbons (Fsp3) is 0.214.